The van der Waals surface area contributed by atoms with E-state index in [0.717, 1.165) is 5.75 Å². The van der Waals surface area contributed by atoms with Gasteiger partial charge in [-0.3, -0.25) is 0 Å². The van der Waals surface area contributed by atoms with Gasteiger partial charge in [-0.1, -0.05) is 6.07 Å². The first kappa shape index (κ1) is 15.0. The summed E-state index contributed by atoms with van der Waals surface area (Å²) in [4.78, 5) is 0.164. The zero-order valence-electron chi connectivity index (χ0n) is 10.6. The van der Waals surface area contributed by atoms with Gasteiger partial charge in [0, 0.05) is 18.8 Å². The number of thioether (sulfide) groups is 1. The van der Waals surface area contributed by atoms with Crippen molar-refractivity contribution in [2.75, 3.05) is 19.1 Å². The topological polar surface area (TPSA) is 61.2 Å². The van der Waals surface area contributed by atoms with Crippen LogP contribution in [0.25, 0.3) is 0 Å². The number of benzene rings is 1. The first-order chi connectivity index (χ1) is 8.43. The molecule has 1 unspecified atom stereocenters. The third kappa shape index (κ3) is 3.25. The third-order valence-corrected chi connectivity index (χ3v) is 5.45. The molecule has 0 aliphatic carbocycles. The van der Waals surface area contributed by atoms with E-state index in [1.165, 1.54) is 16.4 Å². The van der Waals surface area contributed by atoms with Crippen LogP contribution in [0.3, 0.4) is 0 Å². The highest BCUT2D eigenvalue weighted by Crippen LogP contribution is 2.18. The monoisotopic (exact) mass is 284 g/mol. The van der Waals surface area contributed by atoms with Crippen molar-refractivity contribution in [3.05, 3.63) is 29.8 Å². The van der Waals surface area contributed by atoms with Crippen molar-refractivity contribution in [1.82, 2.24) is 4.31 Å². The van der Waals surface area contributed by atoms with Crippen molar-refractivity contribution in [1.29, 1.82) is 5.26 Å². The zero-order chi connectivity index (χ0) is 13.8. The van der Waals surface area contributed by atoms with Crippen LogP contribution in [0, 0.1) is 11.3 Å². The number of hydrogen-bond donors (Lipinski definition) is 0. The van der Waals surface area contributed by atoms with Gasteiger partial charge in [-0.2, -0.15) is 21.3 Å². The summed E-state index contributed by atoms with van der Waals surface area (Å²) < 4.78 is 26.0. The van der Waals surface area contributed by atoms with Crippen molar-refractivity contribution < 1.29 is 8.42 Å². The van der Waals surface area contributed by atoms with Crippen molar-refractivity contribution in [2.24, 2.45) is 0 Å². The quantitative estimate of drug-likeness (QED) is 0.829. The lowest BCUT2D eigenvalue weighted by molar-refractivity contribution is 0.415. The molecule has 0 fully saturated rings. The van der Waals surface area contributed by atoms with Gasteiger partial charge in [0.15, 0.2) is 0 Å². The minimum atomic E-state index is -3.52. The highest BCUT2D eigenvalue weighted by Gasteiger charge is 2.25. The average Bonchev–Trinajstić information content (AvgIpc) is 2.38. The molecule has 0 radical (unpaired) electrons. The molecule has 1 rings (SSSR count). The van der Waals surface area contributed by atoms with Crippen LogP contribution in [0.5, 0.6) is 0 Å². The fourth-order valence-corrected chi connectivity index (χ4v) is 3.68. The predicted octanol–water partition coefficient (Wildman–Crippen LogP) is 1.93. The SMILES string of the molecule is CSCC(C)N(C)S(=O)(=O)c1cccc(C#N)c1. The first-order valence-electron chi connectivity index (χ1n) is 5.40. The molecule has 0 aliphatic heterocycles. The van der Waals surface area contributed by atoms with Gasteiger partial charge < -0.3 is 0 Å². The van der Waals surface area contributed by atoms with Gasteiger partial charge in [-0.05, 0) is 31.4 Å². The summed E-state index contributed by atoms with van der Waals surface area (Å²) in [7, 11) is -1.96. The number of sulfonamides is 1. The van der Waals surface area contributed by atoms with E-state index in [4.69, 9.17) is 5.26 Å². The van der Waals surface area contributed by atoms with Crippen molar-refractivity contribution in [3.8, 4) is 6.07 Å². The molecule has 0 saturated heterocycles. The van der Waals surface area contributed by atoms with Crippen LogP contribution in [-0.2, 0) is 10.0 Å². The largest absolute Gasteiger partial charge is 0.243 e. The Morgan fingerprint density at radius 2 is 2.17 bits per heavy atom. The summed E-state index contributed by atoms with van der Waals surface area (Å²) >= 11 is 1.60. The standard InChI is InChI=1S/C12H16N2O2S2/c1-10(9-17-3)14(2)18(15,16)12-6-4-5-11(7-12)8-13/h4-7,10H,9H2,1-3H3. The van der Waals surface area contributed by atoms with Gasteiger partial charge in [-0.15, -0.1) is 0 Å². The van der Waals surface area contributed by atoms with Crippen molar-refractivity contribution in [2.45, 2.75) is 17.9 Å². The summed E-state index contributed by atoms with van der Waals surface area (Å²) in [6.07, 6.45) is 1.94. The van der Waals surface area contributed by atoms with E-state index in [2.05, 4.69) is 0 Å². The molecule has 0 N–H and O–H groups in total. The van der Waals surface area contributed by atoms with Gasteiger partial charge in [0.1, 0.15) is 0 Å². The molecule has 6 heteroatoms. The third-order valence-electron chi connectivity index (χ3n) is 2.67. The molecule has 1 aromatic rings. The van der Waals surface area contributed by atoms with Crippen LogP contribution in [-0.4, -0.2) is 37.8 Å². The summed E-state index contributed by atoms with van der Waals surface area (Å²) in [6.45, 7) is 1.86. The van der Waals surface area contributed by atoms with Crippen LogP contribution in [0.2, 0.25) is 0 Å². The minimum Gasteiger partial charge on any atom is -0.207 e. The molecule has 0 saturated carbocycles. The highest BCUT2D eigenvalue weighted by molar-refractivity contribution is 7.98. The Hall–Kier alpha value is -1.03. The molecule has 0 heterocycles. The molecule has 1 atom stereocenters. The van der Waals surface area contributed by atoms with E-state index in [0.29, 0.717) is 5.56 Å². The van der Waals surface area contributed by atoms with Crippen LogP contribution in [0.15, 0.2) is 29.2 Å². The maximum Gasteiger partial charge on any atom is 0.243 e. The summed E-state index contributed by atoms with van der Waals surface area (Å²) in [5.74, 6) is 0.730. The summed E-state index contributed by atoms with van der Waals surface area (Å²) in [6, 6.07) is 7.94. The Balaban J connectivity index is 3.09. The molecule has 1 aromatic carbocycles. The van der Waals surface area contributed by atoms with Crippen LogP contribution in [0.1, 0.15) is 12.5 Å². The van der Waals surface area contributed by atoms with Crippen molar-refractivity contribution in [3.63, 3.8) is 0 Å². The Kier molecular flexibility index (Phi) is 5.20. The van der Waals surface area contributed by atoms with E-state index in [1.807, 2.05) is 19.2 Å². The van der Waals surface area contributed by atoms with Gasteiger partial charge in [0.2, 0.25) is 10.0 Å². The molecule has 0 aromatic heterocycles. The lowest BCUT2D eigenvalue weighted by atomic mass is 10.2. The lowest BCUT2D eigenvalue weighted by Crippen LogP contribution is -2.36. The number of nitrogens with zero attached hydrogens (tertiary/aromatic N) is 2. The van der Waals surface area contributed by atoms with E-state index in [9.17, 15) is 8.42 Å². The Bertz CT molecular complexity index is 549. The molecule has 98 valence electrons. The number of nitriles is 1. The maximum atomic E-state index is 12.3. The smallest absolute Gasteiger partial charge is 0.207 e. The average molecular weight is 284 g/mol. The second-order valence-electron chi connectivity index (χ2n) is 3.97. The van der Waals surface area contributed by atoms with Crippen LogP contribution in [0.4, 0.5) is 0 Å². The van der Waals surface area contributed by atoms with E-state index < -0.39 is 10.0 Å². The van der Waals surface area contributed by atoms with Gasteiger partial charge in [-0.25, -0.2) is 8.42 Å². The second-order valence-corrected chi connectivity index (χ2v) is 6.87. The molecular formula is C12H16N2O2S2. The Morgan fingerprint density at radius 3 is 2.72 bits per heavy atom. The molecule has 0 amide bonds. The Labute approximate surface area is 113 Å². The van der Waals surface area contributed by atoms with E-state index in [-0.39, 0.29) is 10.9 Å². The highest BCUT2D eigenvalue weighted by atomic mass is 32.2. The first-order valence-corrected chi connectivity index (χ1v) is 8.24. The molecule has 18 heavy (non-hydrogen) atoms. The lowest BCUT2D eigenvalue weighted by Gasteiger charge is -2.23. The number of hydrogen-bond acceptors (Lipinski definition) is 4. The van der Waals surface area contributed by atoms with Gasteiger partial charge in [0.25, 0.3) is 0 Å². The minimum absolute atomic E-state index is 0.0873. The maximum absolute atomic E-state index is 12.3. The van der Waals surface area contributed by atoms with Gasteiger partial charge >= 0.3 is 0 Å². The van der Waals surface area contributed by atoms with Crippen LogP contribution >= 0.6 is 11.8 Å². The van der Waals surface area contributed by atoms with E-state index in [1.54, 1.807) is 30.9 Å². The molecule has 0 spiro atoms. The normalized spacial score (nSPS) is 13.3. The predicted molar refractivity (Wildman–Crippen MR) is 73.9 cm³/mol. The zero-order valence-corrected chi connectivity index (χ0v) is 12.3. The van der Waals surface area contributed by atoms with Crippen LogP contribution < -0.4 is 0 Å². The second kappa shape index (κ2) is 6.23. The summed E-state index contributed by atoms with van der Waals surface area (Å²) in [5, 5.41) is 8.80. The Morgan fingerprint density at radius 1 is 1.50 bits per heavy atom. The molecule has 0 aliphatic rings. The fourth-order valence-electron chi connectivity index (χ4n) is 1.48. The molecule has 0 bridgehead atoms. The van der Waals surface area contributed by atoms with Crippen molar-refractivity contribution >= 4 is 21.8 Å². The van der Waals surface area contributed by atoms with E-state index >= 15 is 0 Å². The number of rotatable bonds is 5. The van der Waals surface area contributed by atoms with Gasteiger partial charge in [0.05, 0.1) is 16.5 Å². The summed E-state index contributed by atoms with van der Waals surface area (Å²) in [5.41, 5.74) is 0.349. The molecular weight excluding hydrogens is 268 g/mol. The molecule has 4 nitrogen and oxygen atoms in total. The fraction of sp³-hybridized carbons (Fsp3) is 0.417.